The predicted molar refractivity (Wildman–Crippen MR) is 92.6 cm³/mol. The van der Waals surface area contributed by atoms with E-state index in [1.807, 2.05) is 0 Å². The van der Waals surface area contributed by atoms with Gasteiger partial charge in [-0.05, 0) is 31.0 Å². The van der Waals surface area contributed by atoms with E-state index < -0.39 is 25.1 Å². The first-order valence-electron chi connectivity index (χ1n) is 7.76. The molecule has 0 bridgehead atoms. The lowest BCUT2D eigenvalue weighted by Gasteiger charge is -2.12. The molecule has 0 aliphatic rings. The molecule has 0 fully saturated rings. The Morgan fingerprint density at radius 2 is 1.65 bits per heavy atom. The summed E-state index contributed by atoms with van der Waals surface area (Å²) in [7, 11) is -4.15. The lowest BCUT2D eigenvalue weighted by atomic mass is 10.0. The number of phosphoric ester groups is 1. The van der Waals surface area contributed by atoms with E-state index in [4.69, 9.17) is 4.52 Å². The Kier molecular flexibility index (Phi) is 6.26. The number of Topliss-reactive ketones (excluding diaryl/α,β-unsaturated/α-hetero) is 1. The van der Waals surface area contributed by atoms with Gasteiger partial charge in [0.05, 0.1) is 6.61 Å². The number of hydrogen-bond donors (Lipinski definition) is 4. The van der Waals surface area contributed by atoms with Gasteiger partial charge in [0.2, 0.25) is 0 Å². The van der Waals surface area contributed by atoms with Gasteiger partial charge in [-0.25, -0.2) is 4.57 Å². The molecule has 2 rings (SSSR count). The van der Waals surface area contributed by atoms with Gasteiger partial charge in [0.15, 0.2) is 5.78 Å². The minimum Gasteiger partial charge on any atom is -0.508 e. The van der Waals surface area contributed by atoms with Crippen molar-refractivity contribution in [3.05, 3.63) is 47.5 Å². The van der Waals surface area contributed by atoms with Crippen LogP contribution in [0.5, 0.6) is 23.0 Å². The molecule has 0 heterocycles. The highest BCUT2D eigenvalue weighted by atomic mass is 31.2. The predicted octanol–water partition coefficient (Wildman–Crippen LogP) is 3.13. The molecule has 4 N–H and O–H groups in total. The second-order valence-corrected chi connectivity index (χ2v) is 6.78. The van der Waals surface area contributed by atoms with Crippen LogP contribution in [0.1, 0.15) is 29.3 Å². The maximum Gasteiger partial charge on any atom is 0.527 e. The number of phenolic OH excluding ortho intramolecular Hbond substituents is 3. The van der Waals surface area contributed by atoms with Crippen LogP contribution in [0, 0.1) is 0 Å². The number of phosphoric acid groups is 1. The Hall–Kier alpha value is -2.54. The molecule has 1 unspecified atom stereocenters. The molecule has 26 heavy (non-hydrogen) atoms. The number of ketones is 1. The van der Waals surface area contributed by atoms with Crippen molar-refractivity contribution in [1.82, 2.24) is 0 Å². The quantitative estimate of drug-likeness (QED) is 0.404. The summed E-state index contributed by atoms with van der Waals surface area (Å²) in [6.45, 7) is 1.60. The molecular weight excluding hydrogens is 363 g/mol. The first-order valence-corrected chi connectivity index (χ1v) is 9.25. The molecule has 0 aliphatic heterocycles. The summed E-state index contributed by atoms with van der Waals surface area (Å²) in [6.07, 6.45) is 0.310. The van der Waals surface area contributed by atoms with Gasteiger partial charge in [-0.1, -0.05) is 12.1 Å². The molecule has 1 atom stereocenters. The van der Waals surface area contributed by atoms with Crippen molar-refractivity contribution in [2.45, 2.75) is 19.8 Å². The minimum absolute atomic E-state index is 0.00351. The van der Waals surface area contributed by atoms with E-state index in [0.717, 1.165) is 17.7 Å². The second-order valence-electron chi connectivity index (χ2n) is 5.40. The molecular formula is C17H19O8P. The van der Waals surface area contributed by atoms with E-state index >= 15 is 0 Å². The maximum atomic E-state index is 12.2. The number of phenols is 3. The first kappa shape index (κ1) is 19.8. The zero-order valence-corrected chi connectivity index (χ0v) is 14.8. The normalized spacial score (nSPS) is 13.2. The third-order valence-corrected chi connectivity index (χ3v) is 4.46. The SMILES string of the molecule is CCOP(=O)(O)Oc1ccc(CCC(=O)c2c(O)cc(O)cc2O)cc1. The van der Waals surface area contributed by atoms with E-state index in [1.165, 1.54) is 12.1 Å². The molecule has 0 aliphatic carbocycles. The summed E-state index contributed by atoms with van der Waals surface area (Å²) in [5.41, 5.74) is 0.494. The third kappa shape index (κ3) is 5.23. The van der Waals surface area contributed by atoms with Crippen LogP contribution in [0.2, 0.25) is 0 Å². The first-order chi connectivity index (χ1) is 12.2. The largest absolute Gasteiger partial charge is 0.527 e. The van der Waals surface area contributed by atoms with Gasteiger partial charge in [0.25, 0.3) is 0 Å². The molecule has 2 aromatic carbocycles. The van der Waals surface area contributed by atoms with Crippen LogP contribution in [0.25, 0.3) is 0 Å². The van der Waals surface area contributed by atoms with E-state index in [0.29, 0.717) is 6.42 Å². The van der Waals surface area contributed by atoms with E-state index in [2.05, 4.69) is 4.52 Å². The molecule has 0 aromatic heterocycles. The average Bonchev–Trinajstić information content (AvgIpc) is 2.52. The van der Waals surface area contributed by atoms with Gasteiger partial charge < -0.3 is 19.8 Å². The van der Waals surface area contributed by atoms with Crippen molar-refractivity contribution in [3.8, 4) is 23.0 Å². The smallest absolute Gasteiger partial charge is 0.508 e. The van der Waals surface area contributed by atoms with Gasteiger partial charge in [-0.2, -0.15) is 0 Å². The van der Waals surface area contributed by atoms with Crippen molar-refractivity contribution in [2.75, 3.05) is 6.61 Å². The molecule has 0 radical (unpaired) electrons. The van der Waals surface area contributed by atoms with Gasteiger partial charge in [0, 0.05) is 18.6 Å². The molecule has 8 nitrogen and oxygen atoms in total. The van der Waals surface area contributed by atoms with Crippen LogP contribution in [-0.4, -0.2) is 32.6 Å². The van der Waals surface area contributed by atoms with E-state index in [1.54, 1.807) is 19.1 Å². The lowest BCUT2D eigenvalue weighted by Crippen LogP contribution is -2.02. The summed E-state index contributed by atoms with van der Waals surface area (Å²) >= 11 is 0. The van der Waals surface area contributed by atoms with E-state index in [-0.39, 0.29) is 30.1 Å². The Labute approximate surface area is 149 Å². The monoisotopic (exact) mass is 382 g/mol. The van der Waals surface area contributed by atoms with Gasteiger partial charge in [-0.3, -0.25) is 14.2 Å². The highest BCUT2D eigenvalue weighted by molar-refractivity contribution is 7.47. The van der Waals surface area contributed by atoms with Gasteiger partial charge in [0.1, 0.15) is 28.6 Å². The number of aromatic hydroxyl groups is 3. The van der Waals surface area contributed by atoms with Crippen molar-refractivity contribution in [3.63, 3.8) is 0 Å². The zero-order chi connectivity index (χ0) is 19.3. The average molecular weight is 382 g/mol. The number of benzene rings is 2. The number of carbonyl (C=O) groups is 1. The minimum atomic E-state index is -4.15. The van der Waals surface area contributed by atoms with Crippen LogP contribution in [0.3, 0.4) is 0 Å². The zero-order valence-electron chi connectivity index (χ0n) is 14.0. The maximum absolute atomic E-state index is 12.2. The number of hydrogen-bond acceptors (Lipinski definition) is 7. The topological polar surface area (TPSA) is 134 Å². The van der Waals surface area contributed by atoms with Crippen LogP contribution in [0.15, 0.2) is 36.4 Å². The Balaban J connectivity index is 2.00. The van der Waals surface area contributed by atoms with Crippen molar-refractivity contribution < 1.29 is 38.6 Å². The van der Waals surface area contributed by atoms with Crippen molar-refractivity contribution in [1.29, 1.82) is 0 Å². The molecule has 0 saturated heterocycles. The van der Waals surface area contributed by atoms with Crippen molar-refractivity contribution >= 4 is 13.6 Å². The summed E-state index contributed by atoms with van der Waals surface area (Å²) < 4.78 is 21.0. The molecule has 9 heteroatoms. The summed E-state index contributed by atoms with van der Waals surface area (Å²) in [5.74, 6) is -1.68. The fourth-order valence-electron chi connectivity index (χ4n) is 2.31. The molecule has 140 valence electrons. The van der Waals surface area contributed by atoms with Gasteiger partial charge in [-0.15, -0.1) is 0 Å². The van der Waals surface area contributed by atoms with Crippen LogP contribution >= 0.6 is 7.82 Å². The standard InChI is InChI=1S/C17H19O8P/c1-2-24-26(22,23)25-13-6-3-11(4-7-13)5-8-14(19)17-15(20)9-12(18)10-16(17)21/h3-4,6-7,9-10,18,20-21H,2,5,8H2,1H3,(H,22,23). The second kappa shape index (κ2) is 8.23. The fourth-order valence-corrected chi connectivity index (χ4v) is 3.07. The Morgan fingerprint density at radius 3 is 2.19 bits per heavy atom. The van der Waals surface area contributed by atoms with Crippen molar-refractivity contribution in [2.24, 2.45) is 0 Å². The molecule has 0 amide bonds. The highest BCUT2D eigenvalue weighted by Crippen LogP contribution is 2.43. The van der Waals surface area contributed by atoms with Crippen LogP contribution in [-0.2, 0) is 15.5 Å². The van der Waals surface area contributed by atoms with Gasteiger partial charge >= 0.3 is 7.82 Å². The lowest BCUT2D eigenvalue weighted by molar-refractivity contribution is 0.0977. The molecule has 0 saturated carbocycles. The summed E-state index contributed by atoms with van der Waals surface area (Å²) in [4.78, 5) is 21.6. The molecule has 2 aromatic rings. The van der Waals surface area contributed by atoms with Crippen LogP contribution in [0.4, 0.5) is 0 Å². The number of rotatable bonds is 8. The fraction of sp³-hybridized carbons (Fsp3) is 0.235. The number of carbonyl (C=O) groups excluding carboxylic acids is 1. The Bertz CT molecular complexity index is 808. The molecule has 0 spiro atoms. The highest BCUT2D eigenvalue weighted by Gasteiger charge is 2.22. The van der Waals surface area contributed by atoms with E-state index in [9.17, 15) is 29.6 Å². The summed E-state index contributed by atoms with van der Waals surface area (Å²) in [6, 6.07) is 8.12. The third-order valence-electron chi connectivity index (χ3n) is 3.44. The summed E-state index contributed by atoms with van der Waals surface area (Å²) in [5, 5.41) is 28.7. The number of aryl methyl sites for hydroxylation is 1. The Morgan fingerprint density at radius 1 is 1.08 bits per heavy atom. The van der Waals surface area contributed by atoms with Crippen LogP contribution < -0.4 is 4.52 Å².